The van der Waals surface area contributed by atoms with Crippen LogP contribution in [0.1, 0.15) is 32.0 Å². The van der Waals surface area contributed by atoms with Crippen LogP contribution in [-0.4, -0.2) is 36.1 Å². The van der Waals surface area contributed by atoms with Crippen LogP contribution in [0.25, 0.3) is 32.4 Å². The number of carbonyl (C=O) groups is 2. The molecule has 4 aromatic rings. The van der Waals surface area contributed by atoms with Crippen molar-refractivity contribution in [3.05, 3.63) is 62.3 Å². The zero-order valence-corrected chi connectivity index (χ0v) is 17.6. The zero-order valence-electron chi connectivity index (χ0n) is 16.8. The molecule has 0 saturated heterocycles. The first kappa shape index (κ1) is 19.8. The first-order valence-electron chi connectivity index (χ1n) is 9.09. The van der Waals surface area contributed by atoms with Crippen molar-refractivity contribution in [1.82, 2.24) is 9.97 Å². The lowest BCUT2D eigenvalue weighted by atomic mass is 9.97. The third-order valence-corrected chi connectivity index (χ3v) is 6.10. The van der Waals surface area contributed by atoms with Gasteiger partial charge in [-0.25, -0.2) is 9.59 Å². The number of aromatic amines is 1. The summed E-state index contributed by atoms with van der Waals surface area (Å²) in [6.07, 6.45) is 0. The van der Waals surface area contributed by atoms with Gasteiger partial charge in [-0.2, -0.15) is 0 Å². The van der Waals surface area contributed by atoms with E-state index in [-0.39, 0.29) is 27.8 Å². The van der Waals surface area contributed by atoms with E-state index in [4.69, 9.17) is 9.47 Å². The fourth-order valence-corrected chi connectivity index (χ4v) is 4.69. The summed E-state index contributed by atoms with van der Waals surface area (Å²) in [7, 11) is 2.50. The minimum atomic E-state index is -0.679. The molecule has 4 rings (SSSR count). The number of H-pyrrole nitrogens is 1. The van der Waals surface area contributed by atoms with Gasteiger partial charge < -0.3 is 14.5 Å². The zero-order chi connectivity index (χ0) is 21.6. The van der Waals surface area contributed by atoms with Gasteiger partial charge in [0.2, 0.25) is 5.43 Å². The molecule has 0 radical (unpaired) electrons. The molecule has 3 aromatic heterocycles. The molecule has 3 heterocycles. The fraction of sp³-hybridized carbons (Fsp3) is 0.182. The van der Waals surface area contributed by atoms with E-state index in [1.807, 2.05) is 24.3 Å². The highest BCUT2D eigenvalue weighted by Gasteiger charge is 2.27. The third-order valence-electron chi connectivity index (χ3n) is 5.09. The molecule has 8 heteroatoms. The summed E-state index contributed by atoms with van der Waals surface area (Å²) in [6, 6.07) is 7.65. The molecular formula is C22H18N2O5S. The maximum absolute atomic E-state index is 13.4. The van der Waals surface area contributed by atoms with E-state index in [0.29, 0.717) is 16.8 Å². The van der Waals surface area contributed by atoms with E-state index in [1.165, 1.54) is 25.6 Å². The van der Waals surface area contributed by atoms with Crippen molar-refractivity contribution in [3.63, 3.8) is 0 Å². The van der Waals surface area contributed by atoms with Gasteiger partial charge in [0.15, 0.2) is 0 Å². The van der Waals surface area contributed by atoms with Gasteiger partial charge in [0.05, 0.1) is 47.0 Å². The minimum absolute atomic E-state index is 0.0725. The molecule has 0 aliphatic heterocycles. The fourth-order valence-electron chi connectivity index (χ4n) is 3.67. The van der Waals surface area contributed by atoms with Gasteiger partial charge in [-0.15, -0.1) is 11.3 Å². The molecule has 152 valence electrons. The Labute approximate surface area is 175 Å². The van der Waals surface area contributed by atoms with Gasteiger partial charge in [0.1, 0.15) is 5.52 Å². The van der Waals surface area contributed by atoms with Crippen molar-refractivity contribution < 1.29 is 19.1 Å². The Morgan fingerprint density at radius 2 is 1.70 bits per heavy atom. The van der Waals surface area contributed by atoms with E-state index in [2.05, 4.69) is 9.97 Å². The van der Waals surface area contributed by atoms with Crippen LogP contribution >= 0.6 is 11.3 Å². The molecular weight excluding hydrogens is 404 g/mol. The van der Waals surface area contributed by atoms with Crippen LogP contribution in [-0.2, 0) is 9.47 Å². The Hall–Kier alpha value is -3.52. The summed E-state index contributed by atoms with van der Waals surface area (Å²) in [5.41, 5.74) is 2.46. The van der Waals surface area contributed by atoms with Gasteiger partial charge in [-0.05, 0) is 25.5 Å². The van der Waals surface area contributed by atoms with Crippen LogP contribution in [0.15, 0.2) is 34.4 Å². The van der Waals surface area contributed by atoms with Crippen molar-refractivity contribution in [2.45, 2.75) is 13.8 Å². The van der Waals surface area contributed by atoms with Gasteiger partial charge in [0, 0.05) is 16.3 Å². The second-order valence-corrected chi connectivity index (χ2v) is 7.64. The van der Waals surface area contributed by atoms with Gasteiger partial charge in [-0.3, -0.25) is 9.78 Å². The number of hydrogen-bond donors (Lipinski definition) is 1. The second kappa shape index (κ2) is 7.38. The van der Waals surface area contributed by atoms with E-state index in [0.717, 1.165) is 15.6 Å². The number of aryl methyl sites for hydroxylation is 1. The number of pyridine rings is 1. The summed E-state index contributed by atoms with van der Waals surface area (Å²) >= 11 is 1.39. The lowest BCUT2D eigenvalue weighted by Gasteiger charge is -2.15. The number of aromatic nitrogens is 2. The molecule has 0 fully saturated rings. The number of benzene rings is 1. The average Bonchev–Trinajstić information content (AvgIpc) is 3.12. The third kappa shape index (κ3) is 2.88. The average molecular weight is 422 g/mol. The Kier molecular flexibility index (Phi) is 4.87. The number of para-hydroxylation sites is 1. The van der Waals surface area contributed by atoms with Crippen LogP contribution < -0.4 is 5.43 Å². The molecule has 1 N–H and O–H groups in total. The second-order valence-electron chi connectivity index (χ2n) is 6.76. The number of ether oxygens (including phenoxy) is 2. The maximum atomic E-state index is 13.4. The summed E-state index contributed by atoms with van der Waals surface area (Å²) in [6.45, 7) is 3.26. The number of hydrogen-bond acceptors (Lipinski definition) is 7. The van der Waals surface area contributed by atoms with Gasteiger partial charge in [0.25, 0.3) is 0 Å². The smallest absolute Gasteiger partial charge is 0.340 e. The van der Waals surface area contributed by atoms with Crippen LogP contribution in [0.4, 0.5) is 0 Å². The predicted molar refractivity (Wildman–Crippen MR) is 115 cm³/mol. The molecule has 0 unspecified atom stereocenters. The lowest BCUT2D eigenvalue weighted by Crippen LogP contribution is -2.18. The molecule has 1 aromatic carbocycles. The molecule has 0 aliphatic carbocycles. The topological polar surface area (TPSA) is 98.4 Å². The van der Waals surface area contributed by atoms with Crippen LogP contribution in [0.3, 0.4) is 0 Å². The summed E-state index contributed by atoms with van der Waals surface area (Å²) in [4.78, 5) is 45.8. The maximum Gasteiger partial charge on any atom is 0.340 e. The van der Waals surface area contributed by atoms with Crippen LogP contribution in [0.5, 0.6) is 0 Å². The summed E-state index contributed by atoms with van der Waals surface area (Å²) < 4.78 is 10.6. The van der Waals surface area contributed by atoms with Gasteiger partial charge in [-0.1, -0.05) is 18.2 Å². The highest BCUT2D eigenvalue weighted by molar-refractivity contribution is 7.18. The van der Waals surface area contributed by atoms with E-state index in [1.54, 1.807) is 19.2 Å². The number of fused-ring (bicyclic) bond motifs is 3. The minimum Gasteiger partial charge on any atom is -0.465 e. The van der Waals surface area contributed by atoms with Crippen molar-refractivity contribution >= 4 is 44.4 Å². The van der Waals surface area contributed by atoms with Crippen LogP contribution in [0.2, 0.25) is 0 Å². The van der Waals surface area contributed by atoms with Crippen molar-refractivity contribution in [2.24, 2.45) is 0 Å². The molecule has 0 bridgehead atoms. The SMILES string of the molecule is COC(=O)c1c(C)nc(-c2csc3c([nH]c4ccccc43)c2=O)c(C(=O)OC)c1C. The number of rotatable bonds is 3. The number of methoxy groups -OCH3 is 2. The molecule has 0 spiro atoms. The number of esters is 2. The molecule has 7 nitrogen and oxygen atoms in total. The monoisotopic (exact) mass is 422 g/mol. The van der Waals surface area contributed by atoms with Crippen molar-refractivity contribution in [3.8, 4) is 11.3 Å². The van der Waals surface area contributed by atoms with E-state index < -0.39 is 11.9 Å². The highest BCUT2D eigenvalue weighted by atomic mass is 32.1. The van der Waals surface area contributed by atoms with E-state index >= 15 is 0 Å². The number of nitrogens with zero attached hydrogens (tertiary/aromatic N) is 1. The largest absolute Gasteiger partial charge is 0.465 e. The first-order valence-corrected chi connectivity index (χ1v) is 9.97. The Bertz CT molecular complexity index is 1400. The molecule has 30 heavy (non-hydrogen) atoms. The summed E-state index contributed by atoms with van der Waals surface area (Å²) in [5.74, 6) is -1.29. The molecule has 0 amide bonds. The Balaban J connectivity index is 2.07. The Morgan fingerprint density at radius 3 is 2.40 bits per heavy atom. The Morgan fingerprint density at radius 1 is 1.03 bits per heavy atom. The number of nitrogens with one attached hydrogen (secondary N) is 1. The van der Waals surface area contributed by atoms with Gasteiger partial charge >= 0.3 is 11.9 Å². The van der Waals surface area contributed by atoms with Crippen molar-refractivity contribution in [1.29, 1.82) is 0 Å². The quantitative estimate of drug-likeness (QED) is 0.501. The van der Waals surface area contributed by atoms with E-state index in [9.17, 15) is 14.4 Å². The molecule has 0 atom stereocenters. The number of carbonyl (C=O) groups excluding carboxylic acids is 2. The first-order chi connectivity index (χ1) is 14.4. The normalized spacial score (nSPS) is 11.1. The highest BCUT2D eigenvalue weighted by Crippen LogP contribution is 2.32. The standard InChI is InChI=1S/C22H18N2O5S/c1-10-15(21(26)28-3)11(2)23-17(16(10)22(27)29-4)13-9-30-20-12-7-5-6-8-14(12)24-18(20)19(13)25/h5-9,24H,1-4H3. The molecule has 0 saturated carbocycles. The van der Waals surface area contributed by atoms with Crippen LogP contribution in [0, 0.1) is 13.8 Å². The van der Waals surface area contributed by atoms with Crippen molar-refractivity contribution in [2.75, 3.05) is 14.2 Å². The summed E-state index contributed by atoms with van der Waals surface area (Å²) in [5, 5.41) is 2.65. The lowest BCUT2D eigenvalue weighted by molar-refractivity contribution is 0.0596. The predicted octanol–water partition coefficient (Wildman–Crippen LogP) is 3.99. The molecule has 0 aliphatic rings.